The maximum absolute atomic E-state index is 13.8. The lowest BCUT2D eigenvalue weighted by Gasteiger charge is -2.10. The van der Waals surface area contributed by atoms with Crippen LogP contribution in [0.4, 0.5) is 4.39 Å². The fraction of sp³-hybridized carbons (Fsp3) is 0.0417. The second-order valence-corrected chi connectivity index (χ2v) is 6.73. The van der Waals surface area contributed by atoms with Crippen molar-refractivity contribution in [2.75, 3.05) is 7.11 Å². The van der Waals surface area contributed by atoms with E-state index >= 15 is 0 Å². The summed E-state index contributed by atoms with van der Waals surface area (Å²) in [4.78, 5) is 27.7. The predicted octanol–water partition coefficient (Wildman–Crippen LogP) is 4.30. The van der Waals surface area contributed by atoms with Gasteiger partial charge in [0, 0.05) is 17.1 Å². The van der Waals surface area contributed by atoms with E-state index in [1.54, 1.807) is 24.4 Å². The number of amides is 1. The van der Waals surface area contributed by atoms with Gasteiger partial charge in [-0.3, -0.25) is 4.79 Å². The topological polar surface area (TPSA) is 92.8 Å². The molecule has 0 saturated carbocycles. The molecule has 1 heterocycles. The van der Waals surface area contributed by atoms with Crippen molar-refractivity contribution in [2.24, 2.45) is 5.10 Å². The Kier molecular flexibility index (Phi) is 5.94. The van der Waals surface area contributed by atoms with E-state index in [4.69, 9.17) is 9.47 Å². The van der Waals surface area contributed by atoms with E-state index in [0.29, 0.717) is 11.1 Å². The molecule has 4 aromatic rings. The first kappa shape index (κ1) is 20.8. The van der Waals surface area contributed by atoms with E-state index in [0.717, 1.165) is 10.9 Å². The van der Waals surface area contributed by atoms with Crippen molar-refractivity contribution in [3.63, 3.8) is 0 Å². The van der Waals surface area contributed by atoms with E-state index < -0.39 is 11.8 Å². The summed E-state index contributed by atoms with van der Waals surface area (Å²) in [5.74, 6) is -1.50. The number of rotatable bonds is 6. The number of aromatic amines is 1. The number of esters is 1. The van der Waals surface area contributed by atoms with Crippen LogP contribution in [0.2, 0.25) is 0 Å². The fourth-order valence-corrected chi connectivity index (χ4v) is 3.12. The molecule has 32 heavy (non-hydrogen) atoms. The van der Waals surface area contributed by atoms with Gasteiger partial charge >= 0.3 is 5.97 Å². The van der Waals surface area contributed by atoms with Gasteiger partial charge in [-0.05, 0) is 42.0 Å². The third kappa shape index (κ3) is 4.34. The average molecular weight is 431 g/mol. The summed E-state index contributed by atoms with van der Waals surface area (Å²) in [6.07, 6.45) is 3.05. The molecular weight excluding hydrogens is 413 g/mol. The Morgan fingerprint density at radius 1 is 1.00 bits per heavy atom. The van der Waals surface area contributed by atoms with Crippen molar-refractivity contribution in [3.05, 3.63) is 95.4 Å². The summed E-state index contributed by atoms with van der Waals surface area (Å²) < 4.78 is 24.3. The smallest absolute Gasteiger partial charge is 0.346 e. The molecule has 160 valence electrons. The van der Waals surface area contributed by atoms with Crippen LogP contribution < -0.4 is 14.9 Å². The minimum absolute atomic E-state index is 0.126. The van der Waals surface area contributed by atoms with E-state index in [1.165, 1.54) is 37.6 Å². The highest BCUT2D eigenvalue weighted by Crippen LogP contribution is 2.28. The van der Waals surface area contributed by atoms with Gasteiger partial charge in [-0.1, -0.05) is 30.3 Å². The molecule has 8 heteroatoms. The van der Waals surface area contributed by atoms with Crippen LogP contribution in [0.25, 0.3) is 10.9 Å². The fourth-order valence-electron chi connectivity index (χ4n) is 3.12. The predicted molar refractivity (Wildman–Crippen MR) is 118 cm³/mol. The number of fused-ring (bicyclic) bond motifs is 1. The zero-order valence-corrected chi connectivity index (χ0v) is 17.0. The van der Waals surface area contributed by atoms with E-state index in [9.17, 15) is 14.0 Å². The SMILES string of the molecule is COc1cc(C=NNC(=O)c2c[nH]c3ccccc23)ccc1OC(=O)c1ccccc1F. The summed E-state index contributed by atoms with van der Waals surface area (Å²) in [6.45, 7) is 0. The molecule has 0 spiro atoms. The summed E-state index contributed by atoms with van der Waals surface area (Å²) >= 11 is 0. The Bertz CT molecular complexity index is 1330. The van der Waals surface area contributed by atoms with Gasteiger partial charge in [-0.2, -0.15) is 5.10 Å². The molecule has 0 bridgehead atoms. The van der Waals surface area contributed by atoms with Crippen LogP contribution in [0.3, 0.4) is 0 Å². The summed E-state index contributed by atoms with van der Waals surface area (Å²) in [7, 11) is 1.41. The van der Waals surface area contributed by atoms with Crippen LogP contribution in [0.15, 0.2) is 78.0 Å². The Morgan fingerprint density at radius 3 is 2.59 bits per heavy atom. The van der Waals surface area contributed by atoms with Gasteiger partial charge in [0.15, 0.2) is 11.5 Å². The molecule has 0 aliphatic rings. The van der Waals surface area contributed by atoms with Crippen LogP contribution in [-0.4, -0.2) is 30.2 Å². The first-order valence-corrected chi connectivity index (χ1v) is 9.61. The number of carbonyl (C=O) groups excluding carboxylic acids is 2. The standard InChI is InChI=1S/C24H18FN3O4/c1-31-22-12-15(10-11-21(22)32-24(30)17-7-2-4-8-19(17)25)13-27-28-23(29)18-14-26-20-9-5-3-6-16(18)20/h2-14,26H,1H3,(H,28,29). The van der Waals surface area contributed by atoms with Gasteiger partial charge in [0.25, 0.3) is 5.91 Å². The van der Waals surface area contributed by atoms with Crippen LogP contribution in [0.1, 0.15) is 26.3 Å². The van der Waals surface area contributed by atoms with Crippen molar-refractivity contribution in [2.45, 2.75) is 0 Å². The number of para-hydroxylation sites is 1. The molecule has 0 atom stereocenters. The maximum Gasteiger partial charge on any atom is 0.346 e. The molecule has 2 N–H and O–H groups in total. The Labute approximate surface area is 182 Å². The van der Waals surface area contributed by atoms with Gasteiger partial charge in [-0.15, -0.1) is 0 Å². The monoisotopic (exact) mass is 431 g/mol. The second kappa shape index (κ2) is 9.13. The third-order valence-electron chi connectivity index (χ3n) is 4.70. The number of nitrogens with zero attached hydrogens (tertiary/aromatic N) is 1. The van der Waals surface area contributed by atoms with E-state index in [2.05, 4.69) is 15.5 Å². The van der Waals surface area contributed by atoms with Gasteiger partial charge in [0.1, 0.15) is 5.82 Å². The molecule has 7 nitrogen and oxygen atoms in total. The summed E-state index contributed by atoms with van der Waals surface area (Å²) in [6, 6.07) is 17.7. The first-order valence-electron chi connectivity index (χ1n) is 9.61. The molecule has 0 unspecified atom stereocenters. The number of nitrogens with one attached hydrogen (secondary N) is 2. The molecule has 1 amide bonds. The van der Waals surface area contributed by atoms with Gasteiger partial charge in [0.2, 0.25) is 0 Å². The lowest BCUT2D eigenvalue weighted by Crippen LogP contribution is -2.17. The van der Waals surface area contributed by atoms with Gasteiger partial charge in [-0.25, -0.2) is 14.6 Å². The molecule has 0 aliphatic heterocycles. The van der Waals surface area contributed by atoms with Crippen LogP contribution >= 0.6 is 0 Å². The number of H-pyrrole nitrogens is 1. The Hall–Kier alpha value is -4.46. The quantitative estimate of drug-likeness (QED) is 0.206. The number of carbonyl (C=O) groups is 2. The molecule has 0 fully saturated rings. The van der Waals surface area contributed by atoms with E-state index in [-0.39, 0.29) is 23.0 Å². The highest BCUT2D eigenvalue weighted by Gasteiger charge is 2.16. The van der Waals surface area contributed by atoms with E-state index in [1.807, 2.05) is 24.3 Å². The minimum atomic E-state index is -0.839. The minimum Gasteiger partial charge on any atom is -0.493 e. The van der Waals surface area contributed by atoms with Crippen molar-refractivity contribution >= 4 is 29.0 Å². The molecule has 0 aliphatic carbocycles. The van der Waals surface area contributed by atoms with Crippen LogP contribution in [0.5, 0.6) is 11.5 Å². The lowest BCUT2D eigenvalue weighted by atomic mass is 10.2. The maximum atomic E-state index is 13.8. The molecule has 0 radical (unpaired) electrons. The van der Waals surface area contributed by atoms with Gasteiger partial charge < -0.3 is 14.5 Å². The van der Waals surface area contributed by atoms with Gasteiger partial charge in [0.05, 0.1) is 24.5 Å². The second-order valence-electron chi connectivity index (χ2n) is 6.73. The number of hydrogen-bond donors (Lipinski definition) is 2. The highest BCUT2D eigenvalue weighted by atomic mass is 19.1. The third-order valence-corrected chi connectivity index (χ3v) is 4.70. The number of halogens is 1. The Balaban J connectivity index is 1.45. The molecule has 1 aromatic heterocycles. The number of hydrazone groups is 1. The summed E-state index contributed by atoms with van der Waals surface area (Å²) in [5, 5.41) is 4.77. The number of ether oxygens (including phenoxy) is 2. The summed E-state index contributed by atoms with van der Waals surface area (Å²) in [5.41, 5.74) is 4.22. The number of hydrogen-bond acceptors (Lipinski definition) is 5. The molecule has 3 aromatic carbocycles. The normalized spacial score (nSPS) is 10.9. The van der Waals surface area contributed by atoms with Crippen molar-refractivity contribution in [1.29, 1.82) is 0 Å². The average Bonchev–Trinajstić information content (AvgIpc) is 3.24. The molecular formula is C24H18FN3O4. The lowest BCUT2D eigenvalue weighted by molar-refractivity contribution is 0.0724. The first-order chi connectivity index (χ1) is 15.6. The number of benzene rings is 3. The van der Waals surface area contributed by atoms with Crippen LogP contribution in [0, 0.1) is 5.82 Å². The number of methoxy groups -OCH3 is 1. The van der Waals surface area contributed by atoms with Crippen molar-refractivity contribution in [1.82, 2.24) is 10.4 Å². The molecule has 4 rings (SSSR count). The van der Waals surface area contributed by atoms with Crippen molar-refractivity contribution < 1.29 is 23.5 Å². The zero-order chi connectivity index (χ0) is 22.5. The van der Waals surface area contributed by atoms with Crippen LogP contribution in [-0.2, 0) is 0 Å². The number of aromatic nitrogens is 1. The highest BCUT2D eigenvalue weighted by molar-refractivity contribution is 6.06. The Morgan fingerprint density at radius 2 is 1.78 bits per heavy atom. The zero-order valence-electron chi connectivity index (χ0n) is 17.0. The largest absolute Gasteiger partial charge is 0.493 e. The molecule has 0 saturated heterocycles. The van der Waals surface area contributed by atoms with Crippen molar-refractivity contribution in [3.8, 4) is 11.5 Å².